The lowest BCUT2D eigenvalue weighted by atomic mass is 9.83. The van der Waals surface area contributed by atoms with Gasteiger partial charge in [-0.1, -0.05) is 41.5 Å². The van der Waals surface area contributed by atoms with Gasteiger partial charge in [0.1, 0.15) is 5.78 Å². The molecular weight excluding hydrogens is 184 g/mol. The highest BCUT2D eigenvalue weighted by molar-refractivity contribution is 5.80. The lowest BCUT2D eigenvalue weighted by molar-refractivity contribution is -0.122. The summed E-state index contributed by atoms with van der Waals surface area (Å²) in [7, 11) is 0. The van der Waals surface area contributed by atoms with Crippen LogP contribution in [0.3, 0.4) is 0 Å². The predicted octanol–water partition coefficient (Wildman–Crippen LogP) is 4.31. The normalized spacial score (nSPS) is 13.9. The van der Waals surface area contributed by atoms with E-state index in [-0.39, 0.29) is 5.92 Å². The number of ketones is 1. The van der Waals surface area contributed by atoms with Gasteiger partial charge >= 0.3 is 0 Å². The van der Waals surface area contributed by atoms with Gasteiger partial charge < -0.3 is 0 Å². The number of carbonyl (C=O) groups is 1. The highest BCUT2D eigenvalue weighted by Crippen LogP contribution is 2.25. The Morgan fingerprint density at radius 3 is 1.87 bits per heavy atom. The molecule has 90 valence electrons. The molecule has 0 radical (unpaired) electrons. The first-order chi connectivity index (χ1) is 6.84. The molecule has 0 aromatic rings. The van der Waals surface area contributed by atoms with E-state index >= 15 is 0 Å². The van der Waals surface area contributed by atoms with Crippen molar-refractivity contribution in [1.82, 2.24) is 0 Å². The molecule has 0 fully saturated rings. The van der Waals surface area contributed by atoms with Crippen LogP contribution in [0.5, 0.6) is 0 Å². The second-order valence-electron chi connectivity index (χ2n) is 5.79. The highest BCUT2D eigenvalue weighted by Gasteiger charge is 2.17. The summed E-state index contributed by atoms with van der Waals surface area (Å²) in [4.78, 5) is 11.6. The lowest BCUT2D eigenvalue weighted by Gasteiger charge is -2.22. The minimum atomic E-state index is 0.205. The topological polar surface area (TPSA) is 17.1 Å². The Labute approximate surface area is 95.6 Å². The quantitative estimate of drug-likeness (QED) is 0.614. The molecule has 0 spiro atoms. The summed E-state index contributed by atoms with van der Waals surface area (Å²) in [5.74, 6) is 2.79. The Morgan fingerprint density at radius 2 is 1.53 bits per heavy atom. The maximum atomic E-state index is 11.6. The fourth-order valence-corrected chi connectivity index (χ4v) is 1.95. The fourth-order valence-electron chi connectivity index (χ4n) is 1.95. The van der Waals surface area contributed by atoms with Crippen LogP contribution in [0.1, 0.15) is 60.8 Å². The number of carbonyl (C=O) groups excluding carboxylic acids is 1. The van der Waals surface area contributed by atoms with Gasteiger partial charge in [-0.05, 0) is 30.6 Å². The van der Waals surface area contributed by atoms with Crippen LogP contribution < -0.4 is 0 Å². The zero-order valence-electron chi connectivity index (χ0n) is 11.3. The Bertz CT molecular complexity index is 180. The number of hydrogen-bond donors (Lipinski definition) is 0. The van der Waals surface area contributed by atoms with Crippen molar-refractivity contribution in [1.29, 1.82) is 0 Å². The molecule has 0 rings (SSSR count). The highest BCUT2D eigenvalue weighted by atomic mass is 16.1. The summed E-state index contributed by atoms with van der Waals surface area (Å²) < 4.78 is 0. The first kappa shape index (κ1) is 14.7. The molecule has 0 aromatic carbocycles. The molecule has 0 bridgehead atoms. The van der Waals surface area contributed by atoms with E-state index in [1.165, 1.54) is 6.42 Å². The monoisotopic (exact) mass is 212 g/mol. The van der Waals surface area contributed by atoms with Gasteiger partial charge in [0.05, 0.1) is 0 Å². The van der Waals surface area contributed by atoms with E-state index in [1.807, 2.05) is 13.8 Å². The minimum absolute atomic E-state index is 0.205. The van der Waals surface area contributed by atoms with Crippen LogP contribution in [-0.4, -0.2) is 5.78 Å². The first-order valence-corrected chi connectivity index (χ1v) is 6.37. The van der Waals surface area contributed by atoms with Crippen LogP contribution >= 0.6 is 0 Å². The molecule has 1 heteroatoms. The third kappa shape index (κ3) is 6.70. The van der Waals surface area contributed by atoms with Crippen LogP contribution in [0, 0.1) is 23.7 Å². The minimum Gasteiger partial charge on any atom is -0.299 e. The fraction of sp³-hybridized carbons (Fsp3) is 0.929. The van der Waals surface area contributed by atoms with E-state index < -0.39 is 0 Å². The molecule has 0 heterocycles. The summed E-state index contributed by atoms with van der Waals surface area (Å²) in [6.45, 7) is 13.1. The molecular formula is C14H28O. The Kier molecular flexibility index (Phi) is 6.87. The smallest absolute Gasteiger partial charge is 0.135 e. The van der Waals surface area contributed by atoms with E-state index in [0.717, 1.165) is 18.8 Å². The largest absolute Gasteiger partial charge is 0.299 e. The maximum absolute atomic E-state index is 11.6. The molecule has 0 aliphatic carbocycles. The van der Waals surface area contributed by atoms with Crippen LogP contribution in [0.15, 0.2) is 0 Å². The number of Topliss-reactive ketones (excluding diaryl/α,β-unsaturated/α-hetero) is 1. The zero-order valence-corrected chi connectivity index (χ0v) is 11.3. The van der Waals surface area contributed by atoms with Crippen LogP contribution in [-0.2, 0) is 4.79 Å². The Balaban J connectivity index is 4.02. The van der Waals surface area contributed by atoms with Crippen molar-refractivity contribution in [3.05, 3.63) is 0 Å². The number of hydrogen-bond acceptors (Lipinski definition) is 1. The third-order valence-corrected chi connectivity index (χ3v) is 3.12. The summed E-state index contributed by atoms with van der Waals surface area (Å²) >= 11 is 0. The molecule has 0 saturated heterocycles. The van der Waals surface area contributed by atoms with Gasteiger partial charge in [-0.3, -0.25) is 4.79 Å². The first-order valence-electron chi connectivity index (χ1n) is 6.37. The van der Waals surface area contributed by atoms with Gasteiger partial charge in [-0.15, -0.1) is 0 Å². The van der Waals surface area contributed by atoms with Gasteiger partial charge in [0.15, 0.2) is 0 Å². The van der Waals surface area contributed by atoms with Crippen molar-refractivity contribution in [3.8, 4) is 0 Å². The molecule has 1 nitrogen and oxygen atoms in total. The average Bonchev–Trinajstić information content (AvgIpc) is 2.10. The molecule has 0 aliphatic heterocycles. The van der Waals surface area contributed by atoms with Crippen molar-refractivity contribution in [2.75, 3.05) is 0 Å². The van der Waals surface area contributed by atoms with Gasteiger partial charge in [0.2, 0.25) is 0 Å². The van der Waals surface area contributed by atoms with Crippen molar-refractivity contribution in [2.24, 2.45) is 23.7 Å². The van der Waals surface area contributed by atoms with Crippen LogP contribution in [0.2, 0.25) is 0 Å². The van der Waals surface area contributed by atoms with E-state index in [9.17, 15) is 4.79 Å². The summed E-state index contributed by atoms with van der Waals surface area (Å²) in [5.41, 5.74) is 0. The second-order valence-corrected chi connectivity index (χ2v) is 5.79. The maximum Gasteiger partial charge on any atom is 0.135 e. The van der Waals surface area contributed by atoms with Gasteiger partial charge in [0, 0.05) is 12.3 Å². The van der Waals surface area contributed by atoms with E-state index in [1.54, 1.807) is 0 Å². The summed E-state index contributed by atoms with van der Waals surface area (Å²) in [5, 5.41) is 0. The predicted molar refractivity (Wildman–Crippen MR) is 66.9 cm³/mol. The molecule has 1 atom stereocenters. The number of rotatable bonds is 7. The average molecular weight is 212 g/mol. The summed E-state index contributed by atoms with van der Waals surface area (Å²) in [6, 6.07) is 0. The zero-order chi connectivity index (χ0) is 12.0. The summed E-state index contributed by atoms with van der Waals surface area (Å²) in [6.07, 6.45) is 3.10. The molecule has 0 aliphatic rings. The van der Waals surface area contributed by atoms with E-state index in [2.05, 4.69) is 27.7 Å². The van der Waals surface area contributed by atoms with Crippen LogP contribution in [0.4, 0.5) is 0 Å². The second kappa shape index (κ2) is 7.03. The van der Waals surface area contributed by atoms with Crippen molar-refractivity contribution < 1.29 is 4.79 Å². The third-order valence-electron chi connectivity index (χ3n) is 3.12. The molecule has 0 amide bonds. The van der Waals surface area contributed by atoms with Crippen molar-refractivity contribution in [2.45, 2.75) is 60.8 Å². The molecule has 0 N–H and O–H groups in total. The molecule has 1 unspecified atom stereocenters. The Hall–Kier alpha value is -0.330. The van der Waals surface area contributed by atoms with Gasteiger partial charge in [-0.25, -0.2) is 0 Å². The Morgan fingerprint density at radius 1 is 1.00 bits per heavy atom. The van der Waals surface area contributed by atoms with E-state index in [0.29, 0.717) is 17.6 Å². The molecule has 0 saturated carbocycles. The standard InChI is InChI=1S/C14H28O/c1-10(2)9-13(11(3)4)7-8-14(15)12(5)6/h10-13H,7-9H2,1-6H3. The molecule has 0 aromatic heterocycles. The van der Waals surface area contributed by atoms with Gasteiger partial charge in [0.25, 0.3) is 0 Å². The van der Waals surface area contributed by atoms with E-state index in [4.69, 9.17) is 0 Å². The van der Waals surface area contributed by atoms with Crippen LogP contribution in [0.25, 0.3) is 0 Å². The SMILES string of the molecule is CC(C)CC(CCC(=O)C(C)C)C(C)C. The van der Waals surface area contributed by atoms with Crippen molar-refractivity contribution >= 4 is 5.78 Å². The van der Waals surface area contributed by atoms with Crippen molar-refractivity contribution in [3.63, 3.8) is 0 Å². The molecule has 15 heavy (non-hydrogen) atoms. The lowest BCUT2D eigenvalue weighted by Crippen LogP contribution is -2.15. The van der Waals surface area contributed by atoms with Gasteiger partial charge in [-0.2, -0.15) is 0 Å².